The molecule has 0 aliphatic rings. The molecule has 1 aromatic carbocycles. The Hall–Kier alpha value is -1.68. The van der Waals surface area contributed by atoms with Crippen molar-refractivity contribution in [2.45, 2.75) is 26.3 Å². The summed E-state index contributed by atoms with van der Waals surface area (Å²) in [6.45, 7) is 5.18. The van der Waals surface area contributed by atoms with Gasteiger partial charge in [-0.2, -0.15) is 0 Å². The fourth-order valence-electron chi connectivity index (χ4n) is 2.10. The maximum atomic E-state index is 4.01. The molecule has 0 fully saturated rings. The monoisotopic (exact) mass is 244 g/mol. The van der Waals surface area contributed by atoms with Crippen molar-refractivity contribution < 1.29 is 0 Å². The molecule has 4 heteroatoms. The first-order valence-electron chi connectivity index (χ1n) is 6.43. The van der Waals surface area contributed by atoms with Gasteiger partial charge in [0, 0.05) is 7.05 Å². The van der Waals surface area contributed by atoms with Crippen molar-refractivity contribution >= 4 is 0 Å². The third-order valence-corrected chi connectivity index (χ3v) is 3.17. The summed E-state index contributed by atoms with van der Waals surface area (Å²) in [5.41, 5.74) is 3.69. The van der Waals surface area contributed by atoms with Crippen LogP contribution in [0.4, 0.5) is 0 Å². The Morgan fingerprint density at radius 3 is 2.44 bits per heavy atom. The minimum atomic E-state index is 0.154. The molecule has 0 aliphatic heterocycles. The number of aromatic nitrogens is 3. The average molecular weight is 244 g/mol. The van der Waals surface area contributed by atoms with Crippen molar-refractivity contribution in [3.05, 3.63) is 47.3 Å². The van der Waals surface area contributed by atoms with Gasteiger partial charge in [0.2, 0.25) is 0 Å². The highest BCUT2D eigenvalue weighted by molar-refractivity contribution is 5.30. The van der Waals surface area contributed by atoms with Crippen LogP contribution in [0.2, 0.25) is 0 Å². The molecule has 1 aromatic heterocycles. The van der Waals surface area contributed by atoms with Crippen molar-refractivity contribution in [3.63, 3.8) is 0 Å². The molecule has 0 saturated heterocycles. The van der Waals surface area contributed by atoms with E-state index in [0.717, 1.165) is 18.7 Å². The average Bonchev–Trinajstić information content (AvgIpc) is 2.82. The van der Waals surface area contributed by atoms with Crippen LogP contribution < -0.4 is 5.32 Å². The normalized spacial score (nSPS) is 12.6. The van der Waals surface area contributed by atoms with Crippen molar-refractivity contribution in [1.29, 1.82) is 0 Å². The van der Waals surface area contributed by atoms with Crippen LogP contribution in [0, 0.1) is 0 Å². The Bertz CT molecular complexity index is 487. The number of hydrogen-bond acceptors (Lipinski definition) is 3. The van der Waals surface area contributed by atoms with E-state index in [4.69, 9.17) is 0 Å². The van der Waals surface area contributed by atoms with Crippen molar-refractivity contribution in [1.82, 2.24) is 20.3 Å². The molecule has 18 heavy (non-hydrogen) atoms. The Morgan fingerprint density at radius 1 is 1.22 bits per heavy atom. The van der Waals surface area contributed by atoms with Crippen LogP contribution in [-0.4, -0.2) is 21.5 Å². The van der Waals surface area contributed by atoms with Crippen LogP contribution in [0.5, 0.6) is 0 Å². The summed E-state index contributed by atoms with van der Waals surface area (Å²) in [7, 11) is 1.92. The molecule has 96 valence electrons. The van der Waals surface area contributed by atoms with Crippen LogP contribution in [0.25, 0.3) is 0 Å². The van der Waals surface area contributed by atoms with Gasteiger partial charge >= 0.3 is 0 Å². The minimum absolute atomic E-state index is 0.154. The number of rotatable bonds is 5. The molecular weight excluding hydrogens is 224 g/mol. The third kappa shape index (κ3) is 2.59. The van der Waals surface area contributed by atoms with Crippen LogP contribution in [0.1, 0.15) is 36.7 Å². The second-order valence-corrected chi connectivity index (χ2v) is 4.37. The summed E-state index contributed by atoms with van der Waals surface area (Å²) >= 11 is 0. The number of nitrogens with zero attached hydrogens (tertiary/aromatic N) is 3. The molecule has 0 amide bonds. The molecule has 1 N–H and O–H groups in total. The zero-order chi connectivity index (χ0) is 13.0. The van der Waals surface area contributed by atoms with Crippen LogP contribution in [-0.2, 0) is 13.5 Å². The quantitative estimate of drug-likeness (QED) is 0.875. The molecule has 1 unspecified atom stereocenters. The Kier molecular flexibility index (Phi) is 4.10. The molecule has 0 aliphatic carbocycles. The van der Waals surface area contributed by atoms with Crippen molar-refractivity contribution in [2.24, 2.45) is 7.05 Å². The summed E-state index contributed by atoms with van der Waals surface area (Å²) < 4.78 is 1.82. The second-order valence-electron chi connectivity index (χ2n) is 4.37. The standard InChI is InChI=1S/C14H20N4/c1-4-11-6-8-12(9-7-11)14(15-5-2)13-10-16-17-18(13)3/h6-10,14-15H,4-5H2,1-3H3. The second kappa shape index (κ2) is 5.78. The number of nitrogens with one attached hydrogen (secondary N) is 1. The van der Waals surface area contributed by atoms with Gasteiger partial charge in [0.15, 0.2) is 0 Å². The predicted octanol–water partition coefficient (Wildman–Crippen LogP) is 2.08. The molecule has 1 heterocycles. The third-order valence-electron chi connectivity index (χ3n) is 3.17. The van der Waals surface area contributed by atoms with E-state index in [1.807, 2.05) is 17.9 Å². The van der Waals surface area contributed by atoms with Crippen molar-refractivity contribution in [2.75, 3.05) is 6.54 Å². The van der Waals surface area contributed by atoms with E-state index in [9.17, 15) is 0 Å². The number of aryl methyl sites for hydroxylation is 2. The first-order valence-corrected chi connectivity index (χ1v) is 6.43. The van der Waals surface area contributed by atoms with E-state index < -0.39 is 0 Å². The molecule has 2 aromatic rings. The molecule has 4 nitrogen and oxygen atoms in total. The van der Waals surface area contributed by atoms with Gasteiger partial charge in [0.1, 0.15) is 0 Å². The van der Waals surface area contributed by atoms with Gasteiger partial charge in [-0.3, -0.25) is 4.68 Å². The lowest BCUT2D eigenvalue weighted by molar-refractivity contribution is 0.568. The highest BCUT2D eigenvalue weighted by atomic mass is 15.4. The Morgan fingerprint density at radius 2 is 1.94 bits per heavy atom. The zero-order valence-corrected chi connectivity index (χ0v) is 11.2. The van der Waals surface area contributed by atoms with Gasteiger partial charge in [0.05, 0.1) is 17.9 Å². The molecule has 0 spiro atoms. The summed E-state index contributed by atoms with van der Waals surface area (Å²) in [6.07, 6.45) is 2.89. The summed E-state index contributed by atoms with van der Waals surface area (Å²) in [5.74, 6) is 0. The lowest BCUT2D eigenvalue weighted by Gasteiger charge is -2.18. The summed E-state index contributed by atoms with van der Waals surface area (Å²) in [4.78, 5) is 0. The molecular formula is C14H20N4. The molecule has 0 bridgehead atoms. The number of hydrogen-bond donors (Lipinski definition) is 1. The summed E-state index contributed by atoms with van der Waals surface area (Å²) in [5, 5.41) is 11.4. The number of benzene rings is 1. The lowest BCUT2D eigenvalue weighted by Crippen LogP contribution is -2.24. The Labute approximate surface area is 108 Å². The molecule has 1 atom stereocenters. The summed E-state index contributed by atoms with van der Waals surface area (Å²) in [6, 6.07) is 8.88. The maximum Gasteiger partial charge on any atom is 0.0798 e. The fraction of sp³-hybridized carbons (Fsp3) is 0.429. The van der Waals surface area contributed by atoms with E-state index in [0.29, 0.717) is 0 Å². The maximum absolute atomic E-state index is 4.01. The molecule has 0 radical (unpaired) electrons. The first kappa shape index (κ1) is 12.8. The van der Waals surface area contributed by atoms with E-state index in [2.05, 4.69) is 53.7 Å². The topological polar surface area (TPSA) is 42.7 Å². The molecule has 2 rings (SSSR count). The minimum Gasteiger partial charge on any atom is -0.305 e. The van der Waals surface area contributed by atoms with Crippen LogP contribution in [0.3, 0.4) is 0 Å². The van der Waals surface area contributed by atoms with Gasteiger partial charge in [0.25, 0.3) is 0 Å². The van der Waals surface area contributed by atoms with Gasteiger partial charge in [-0.25, -0.2) is 0 Å². The van der Waals surface area contributed by atoms with Gasteiger partial charge in [-0.15, -0.1) is 5.10 Å². The van der Waals surface area contributed by atoms with E-state index >= 15 is 0 Å². The highest BCUT2D eigenvalue weighted by Gasteiger charge is 2.16. The van der Waals surface area contributed by atoms with Crippen molar-refractivity contribution in [3.8, 4) is 0 Å². The van der Waals surface area contributed by atoms with E-state index in [1.54, 1.807) is 0 Å². The largest absolute Gasteiger partial charge is 0.305 e. The molecule has 0 saturated carbocycles. The highest BCUT2D eigenvalue weighted by Crippen LogP contribution is 2.21. The zero-order valence-electron chi connectivity index (χ0n) is 11.2. The van der Waals surface area contributed by atoms with Crippen LogP contribution >= 0.6 is 0 Å². The van der Waals surface area contributed by atoms with Gasteiger partial charge < -0.3 is 5.32 Å². The first-order chi connectivity index (χ1) is 8.76. The lowest BCUT2D eigenvalue weighted by atomic mass is 10.0. The predicted molar refractivity (Wildman–Crippen MR) is 72.3 cm³/mol. The van der Waals surface area contributed by atoms with E-state index in [1.165, 1.54) is 11.1 Å². The van der Waals surface area contributed by atoms with Crippen LogP contribution in [0.15, 0.2) is 30.5 Å². The van der Waals surface area contributed by atoms with Gasteiger partial charge in [-0.1, -0.05) is 43.3 Å². The smallest absolute Gasteiger partial charge is 0.0798 e. The SMILES string of the molecule is CCNC(c1ccc(CC)cc1)c1cnnn1C. The fourth-order valence-corrected chi connectivity index (χ4v) is 2.10. The van der Waals surface area contributed by atoms with E-state index in [-0.39, 0.29) is 6.04 Å². The van der Waals surface area contributed by atoms with Gasteiger partial charge in [-0.05, 0) is 24.1 Å². The Balaban J connectivity index is 2.32.